The zero-order chi connectivity index (χ0) is 36.4. The Labute approximate surface area is 308 Å². The minimum atomic E-state index is -0.306. The van der Waals surface area contributed by atoms with Gasteiger partial charge in [-0.1, -0.05) is 29.8 Å². The third-order valence-electron chi connectivity index (χ3n) is 10.2. The molecule has 2 amide bonds. The van der Waals surface area contributed by atoms with Crippen LogP contribution in [0.1, 0.15) is 44.0 Å². The number of hydrazone groups is 1. The van der Waals surface area contributed by atoms with Crippen molar-refractivity contribution in [1.29, 1.82) is 0 Å². The van der Waals surface area contributed by atoms with Gasteiger partial charge in [-0.3, -0.25) is 19.4 Å². The fraction of sp³-hybridized carbons (Fsp3) is 0.325. The normalized spacial score (nSPS) is 19.5. The lowest BCUT2D eigenvalue weighted by atomic mass is 9.91. The van der Waals surface area contributed by atoms with E-state index in [0.717, 1.165) is 30.0 Å². The monoisotopic (exact) mass is 722 g/mol. The molecule has 1 fully saturated rings. The Hall–Kier alpha value is -5.10. The Balaban J connectivity index is 1.41. The Morgan fingerprint density at radius 2 is 1.77 bits per heavy atom. The molecule has 11 nitrogen and oxygen atoms in total. The number of fused-ring (bicyclic) bond motifs is 6. The number of allylic oxidation sites excluding steroid dienone is 1. The van der Waals surface area contributed by atoms with E-state index in [-0.39, 0.29) is 23.6 Å². The molecule has 8 rings (SSSR count). The number of hydrogen-bond donors (Lipinski definition) is 2. The number of phenolic OH excluding ortho intramolecular Hbond substituents is 1. The van der Waals surface area contributed by atoms with Gasteiger partial charge in [0.2, 0.25) is 0 Å². The van der Waals surface area contributed by atoms with Gasteiger partial charge in [0.15, 0.2) is 0 Å². The van der Waals surface area contributed by atoms with Crippen LogP contribution in [0.5, 0.6) is 11.5 Å². The van der Waals surface area contributed by atoms with Crippen LogP contribution in [0.2, 0.25) is 5.02 Å². The number of nitrogens with zero attached hydrogens (tertiary/aromatic N) is 5. The van der Waals surface area contributed by atoms with E-state index < -0.39 is 0 Å². The van der Waals surface area contributed by atoms with Crippen LogP contribution in [0, 0.1) is 6.92 Å². The van der Waals surface area contributed by atoms with Gasteiger partial charge in [-0.25, -0.2) is 0 Å². The summed E-state index contributed by atoms with van der Waals surface area (Å²) in [5.41, 5.74) is 9.00. The maximum absolute atomic E-state index is 14.9. The van der Waals surface area contributed by atoms with Crippen molar-refractivity contribution in [3.63, 3.8) is 0 Å². The van der Waals surface area contributed by atoms with Gasteiger partial charge in [-0.2, -0.15) is 5.10 Å². The summed E-state index contributed by atoms with van der Waals surface area (Å²) in [7, 11) is 3.58. The molecule has 1 atom stereocenters. The minimum absolute atomic E-state index is 0.0810. The second kappa shape index (κ2) is 15.2. The summed E-state index contributed by atoms with van der Waals surface area (Å²) in [5, 5.41) is 14.9. The highest BCUT2D eigenvalue weighted by molar-refractivity contribution is 6.31. The molecule has 4 aliphatic rings. The SMILES string of the molecule is CN/N=C\C1=C\CCOc2cccc3c2CC(CN2CCOCC2)N(C3)C(=O)c2ccc(Cl)cc2-c2cc(c(C)n2C)C(=O)N1c1ccc(O)cc1. The van der Waals surface area contributed by atoms with Crippen molar-refractivity contribution in [2.24, 2.45) is 12.1 Å². The van der Waals surface area contributed by atoms with Crippen LogP contribution in [-0.2, 0) is 24.8 Å². The highest BCUT2D eigenvalue weighted by Crippen LogP contribution is 2.37. The number of benzene rings is 3. The number of anilines is 1. The number of halogens is 1. The van der Waals surface area contributed by atoms with Crippen molar-refractivity contribution >= 4 is 35.3 Å². The molecule has 3 aromatic carbocycles. The molecule has 1 unspecified atom stereocenters. The number of hydrogen-bond acceptors (Lipinski definition) is 8. The quantitative estimate of drug-likeness (QED) is 0.199. The van der Waals surface area contributed by atoms with Gasteiger partial charge in [-0.15, -0.1) is 0 Å². The van der Waals surface area contributed by atoms with Crippen LogP contribution in [0.25, 0.3) is 11.3 Å². The first kappa shape index (κ1) is 35.3. The largest absolute Gasteiger partial charge is 0.508 e. The number of rotatable bonds is 5. The number of phenols is 1. The molecule has 0 saturated carbocycles. The average molecular weight is 723 g/mol. The first-order valence-corrected chi connectivity index (χ1v) is 18.0. The molecule has 2 N–H and O–H groups in total. The molecule has 12 heteroatoms. The standard InChI is InChI=1S/C40H43ClN6O5/c1-26-34-22-37(44(26)3)36-20-28(41)9-14-33(36)39(49)46-24-27-6-4-8-38(35(27)21-31(46)25-45-15-18-51-19-16-45)52-17-5-7-30(23-43-42-2)47(40(34)50)29-10-12-32(48)13-11-29/h4,6-14,20,22-23,31,42,48H,5,15-19,21,24-25H2,1-3H3/b30-7-,43-23-. The zero-order valence-electron chi connectivity index (χ0n) is 29.6. The fourth-order valence-electron chi connectivity index (χ4n) is 7.32. The summed E-state index contributed by atoms with van der Waals surface area (Å²) in [5.74, 6) is 0.464. The smallest absolute Gasteiger partial charge is 0.264 e. The maximum atomic E-state index is 14.9. The molecule has 0 aliphatic carbocycles. The lowest BCUT2D eigenvalue weighted by Gasteiger charge is -2.41. The molecule has 1 saturated heterocycles. The molecular formula is C40H43ClN6O5. The van der Waals surface area contributed by atoms with E-state index in [2.05, 4.69) is 21.5 Å². The topological polar surface area (TPSA) is 112 Å². The summed E-state index contributed by atoms with van der Waals surface area (Å²) in [6.07, 6.45) is 4.65. The van der Waals surface area contributed by atoms with E-state index in [1.165, 1.54) is 0 Å². The zero-order valence-corrected chi connectivity index (χ0v) is 30.4. The van der Waals surface area contributed by atoms with Crippen molar-refractivity contribution in [2.75, 3.05) is 51.4 Å². The third kappa shape index (κ3) is 7.04. The Morgan fingerprint density at radius 3 is 2.54 bits per heavy atom. The number of carbonyl (C=O) groups is 2. The van der Waals surface area contributed by atoms with Crippen LogP contribution >= 0.6 is 11.6 Å². The van der Waals surface area contributed by atoms with Crippen molar-refractivity contribution in [3.8, 4) is 22.8 Å². The van der Waals surface area contributed by atoms with Crippen LogP contribution in [-0.4, -0.2) is 90.0 Å². The minimum Gasteiger partial charge on any atom is -0.508 e. The van der Waals surface area contributed by atoms with E-state index in [0.29, 0.717) is 90.2 Å². The van der Waals surface area contributed by atoms with Crippen LogP contribution in [0.15, 0.2) is 83.6 Å². The fourth-order valence-corrected chi connectivity index (χ4v) is 7.50. The summed E-state index contributed by atoms with van der Waals surface area (Å²) in [4.78, 5) is 35.6. The van der Waals surface area contributed by atoms with Gasteiger partial charge >= 0.3 is 0 Å². The van der Waals surface area contributed by atoms with E-state index in [1.54, 1.807) is 60.6 Å². The average Bonchev–Trinajstić information content (AvgIpc) is 3.45. The first-order valence-electron chi connectivity index (χ1n) is 17.6. The molecule has 0 spiro atoms. The molecule has 4 aliphatic heterocycles. The predicted octanol–water partition coefficient (Wildman–Crippen LogP) is 5.78. The number of carbonyl (C=O) groups excluding carboxylic acids is 2. The number of nitrogens with one attached hydrogen (secondary N) is 1. The third-order valence-corrected chi connectivity index (χ3v) is 10.4. The number of aromatic hydroxyl groups is 1. The molecule has 4 aromatic rings. The molecule has 52 heavy (non-hydrogen) atoms. The van der Waals surface area contributed by atoms with Gasteiger partial charge < -0.3 is 29.5 Å². The van der Waals surface area contributed by atoms with Gasteiger partial charge in [0.1, 0.15) is 11.5 Å². The Bertz CT molecular complexity index is 2030. The lowest BCUT2D eigenvalue weighted by Crippen LogP contribution is -2.52. The van der Waals surface area contributed by atoms with E-state index in [4.69, 9.17) is 21.1 Å². The summed E-state index contributed by atoms with van der Waals surface area (Å²) >= 11 is 6.64. The Morgan fingerprint density at radius 1 is 0.981 bits per heavy atom. The van der Waals surface area contributed by atoms with Crippen molar-refractivity contribution in [1.82, 2.24) is 19.8 Å². The number of aromatic nitrogens is 1. The highest BCUT2D eigenvalue weighted by Gasteiger charge is 2.35. The summed E-state index contributed by atoms with van der Waals surface area (Å²) in [6.45, 7) is 6.33. The van der Waals surface area contributed by atoms with E-state index in [1.807, 2.05) is 47.7 Å². The predicted molar refractivity (Wildman–Crippen MR) is 202 cm³/mol. The molecule has 1 aromatic heterocycles. The Kier molecular flexibility index (Phi) is 10.4. The number of amides is 2. The molecule has 5 heterocycles. The van der Waals surface area contributed by atoms with Crippen LogP contribution in [0.4, 0.5) is 5.69 Å². The van der Waals surface area contributed by atoms with Gasteiger partial charge in [-0.05, 0) is 73.5 Å². The van der Waals surface area contributed by atoms with Crippen molar-refractivity contribution in [2.45, 2.75) is 32.4 Å². The van der Waals surface area contributed by atoms with Gasteiger partial charge in [0.05, 0.1) is 37.3 Å². The van der Waals surface area contributed by atoms with Crippen molar-refractivity contribution in [3.05, 3.63) is 111 Å². The molecule has 6 bridgehead atoms. The van der Waals surface area contributed by atoms with Gasteiger partial charge in [0.25, 0.3) is 11.8 Å². The summed E-state index contributed by atoms with van der Waals surface area (Å²) < 4.78 is 14.0. The molecular weight excluding hydrogens is 680 g/mol. The van der Waals surface area contributed by atoms with Gasteiger partial charge in [0, 0.05) is 91.5 Å². The second-order valence-corrected chi connectivity index (χ2v) is 13.7. The summed E-state index contributed by atoms with van der Waals surface area (Å²) in [6, 6.07) is 19.6. The van der Waals surface area contributed by atoms with E-state index in [9.17, 15) is 14.7 Å². The van der Waals surface area contributed by atoms with Crippen molar-refractivity contribution < 1.29 is 24.2 Å². The first-order chi connectivity index (χ1) is 25.2. The lowest BCUT2D eigenvalue weighted by molar-refractivity contribution is 0.0191. The van der Waals surface area contributed by atoms with Crippen LogP contribution in [0.3, 0.4) is 0 Å². The van der Waals surface area contributed by atoms with E-state index >= 15 is 0 Å². The van der Waals surface area contributed by atoms with Crippen LogP contribution < -0.4 is 15.1 Å². The highest BCUT2D eigenvalue weighted by atomic mass is 35.5. The maximum Gasteiger partial charge on any atom is 0.264 e. The molecule has 0 radical (unpaired) electrons. The molecule has 270 valence electrons. The number of ether oxygens (including phenoxy) is 2. The second-order valence-electron chi connectivity index (χ2n) is 13.3. The number of morpholine rings is 1.